The number of ether oxygens (including phenoxy) is 1. The minimum Gasteiger partial charge on any atom is -0.497 e. The van der Waals surface area contributed by atoms with E-state index in [0.717, 1.165) is 22.5 Å². The normalized spacial score (nSPS) is 12.1. The number of halogens is 2. The average molecular weight is 545 g/mol. The fourth-order valence-corrected chi connectivity index (χ4v) is 4.60. The molecular weight excluding hydrogens is 513 g/mol. The molecule has 2 amide bonds. The standard InChI is InChI=1S/C24H31Cl2N3O5S/c1-5-13-27-24(31)22(6-2)28(15-17-7-10-19(34-3)11-8-17)23(30)16-29(35(4,32)33)18-9-12-20(25)21(26)14-18/h7-12,14,22H,5-6,13,15-16H2,1-4H3,(H,27,31)/t22-/m1/s1. The maximum Gasteiger partial charge on any atom is 0.244 e. The summed E-state index contributed by atoms with van der Waals surface area (Å²) < 4.78 is 31.4. The van der Waals surface area contributed by atoms with Gasteiger partial charge in [-0.3, -0.25) is 13.9 Å². The molecule has 0 spiro atoms. The average Bonchev–Trinajstić information content (AvgIpc) is 2.82. The Morgan fingerprint density at radius 3 is 2.23 bits per heavy atom. The van der Waals surface area contributed by atoms with Gasteiger partial charge < -0.3 is 15.0 Å². The van der Waals surface area contributed by atoms with Gasteiger partial charge in [0.25, 0.3) is 0 Å². The lowest BCUT2D eigenvalue weighted by molar-refractivity contribution is -0.140. The van der Waals surface area contributed by atoms with Gasteiger partial charge in [-0.25, -0.2) is 8.42 Å². The highest BCUT2D eigenvalue weighted by molar-refractivity contribution is 7.92. The van der Waals surface area contributed by atoms with E-state index in [1.807, 2.05) is 6.92 Å². The molecule has 0 bridgehead atoms. The number of nitrogens with one attached hydrogen (secondary N) is 1. The molecule has 2 rings (SSSR count). The third-order valence-corrected chi connectivity index (χ3v) is 7.20. The molecule has 2 aromatic carbocycles. The number of methoxy groups -OCH3 is 1. The fourth-order valence-electron chi connectivity index (χ4n) is 3.47. The largest absolute Gasteiger partial charge is 0.497 e. The number of benzene rings is 2. The van der Waals surface area contributed by atoms with Crippen LogP contribution in [0.1, 0.15) is 32.3 Å². The molecule has 2 aromatic rings. The van der Waals surface area contributed by atoms with Crippen LogP contribution in [0.4, 0.5) is 5.69 Å². The molecule has 11 heteroatoms. The molecule has 0 aliphatic rings. The number of amides is 2. The van der Waals surface area contributed by atoms with Crippen LogP contribution in [-0.2, 0) is 26.2 Å². The summed E-state index contributed by atoms with van der Waals surface area (Å²) in [7, 11) is -2.30. The van der Waals surface area contributed by atoms with Crippen molar-refractivity contribution in [3.63, 3.8) is 0 Å². The second-order valence-electron chi connectivity index (χ2n) is 7.95. The smallest absolute Gasteiger partial charge is 0.244 e. The Morgan fingerprint density at radius 1 is 1.06 bits per heavy atom. The maximum absolute atomic E-state index is 13.6. The Bertz CT molecular complexity index is 1130. The second-order valence-corrected chi connectivity index (χ2v) is 10.7. The fraction of sp³-hybridized carbons (Fsp3) is 0.417. The highest BCUT2D eigenvalue weighted by atomic mass is 35.5. The lowest BCUT2D eigenvalue weighted by atomic mass is 10.1. The number of sulfonamides is 1. The van der Waals surface area contributed by atoms with Gasteiger partial charge in [-0.15, -0.1) is 0 Å². The van der Waals surface area contributed by atoms with E-state index in [1.165, 1.54) is 23.1 Å². The molecule has 0 aromatic heterocycles. The number of rotatable bonds is 12. The molecule has 0 radical (unpaired) electrons. The van der Waals surface area contributed by atoms with Crippen molar-refractivity contribution in [1.29, 1.82) is 0 Å². The van der Waals surface area contributed by atoms with Crippen LogP contribution in [0.3, 0.4) is 0 Å². The minimum absolute atomic E-state index is 0.111. The third-order valence-electron chi connectivity index (χ3n) is 5.32. The summed E-state index contributed by atoms with van der Waals surface area (Å²) in [6.07, 6.45) is 2.10. The molecule has 192 valence electrons. The topological polar surface area (TPSA) is 96.0 Å². The molecule has 0 saturated carbocycles. The number of hydrogen-bond donors (Lipinski definition) is 1. The third kappa shape index (κ3) is 8.02. The number of anilines is 1. The minimum atomic E-state index is -3.86. The quantitative estimate of drug-likeness (QED) is 0.434. The van der Waals surface area contributed by atoms with Gasteiger partial charge in [0.2, 0.25) is 21.8 Å². The highest BCUT2D eigenvalue weighted by Gasteiger charge is 2.31. The van der Waals surface area contributed by atoms with E-state index in [1.54, 1.807) is 38.3 Å². The van der Waals surface area contributed by atoms with Crippen molar-refractivity contribution < 1.29 is 22.7 Å². The van der Waals surface area contributed by atoms with E-state index in [9.17, 15) is 18.0 Å². The van der Waals surface area contributed by atoms with Crippen LogP contribution in [-0.4, -0.2) is 57.6 Å². The zero-order valence-electron chi connectivity index (χ0n) is 20.3. The predicted molar refractivity (Wildman–Crippen MR) is 140 cm³/mol. The summed E-state index contributed by atoms with van der Waals surface area (Å²) in [5.74, 6) is -0.172. The molecule has 8 nitrogen and oxygen atoms in total. The highest BCUT2D eigenvalue weighted by Crippen LogP contribution is 2.28. The summed E-state index contributed by atoms with van der Waals surface area (Å²) >= 11 is 12.1. The Balaban J connectivity index is 2.43. The first-order chi connectivity index (χ1) is 16.5. The summed E-state index contributed by atoms with van der Waals surface area (Å²) in [6.45, 7) is 3.81. The van der Waals surface area contributed by atoms with Crippen LogP contribution in [0, 0.1) is 0 Å². The Kier molecular flexibility index (Phi) is 10.7. The van der Waals surface area contributed by atoms with E-state index in [-0.39, 0.29) is 28.2 Å². The van der Waals surface area contributed by atoms with Crippen LogP contribution in [0.2, 0.25) is 10.0 Å². The Labute approximate surface area is 217 Å². The van der Waals surface area contributed by atoms with E-state index >= 15 is 0 Å². The molecule has 0 saturated heterocycles. The van der Waals surface area contributed by atoms with Crippen LogP contribution < -0.4 is 14.4 Å². The van der Waals surface area contributed by atoms with Gasteiger partial charge in [0, 0.05) is 13.1 Å². The van der Waals surface area contributed by atoms with Crippen molar-refractivity contribution in [3.8, 4) is 5.75 Å². The predicted octanol–water partition coefficient (Wildman–Crippen LogP) is 4.10. The molecular formula is C24H31Cl2N3O5S. The van der Waals surface area contributed by atoms with Crippen molar-refractivity contribution in [2.45, 2.75) is 39.3 Å². The van der Waals surface area contributed by atoms with E-state index in [2.05, 4.69) is 5.32 Å². The van der Waals surface area contributed by atoms with Gasteiger partial charge in [0.1, 0.15) is 18.3 Å². The van der Waals surface area contributed by atoms with Crippen molar-refractivity contribution in [2.75, 3.05) is 30.8 Å². The Hall–Kier alpha value is -2.49. The van der Waals surface area contributed by atoms with Gasteiger partial charge in [-0.05, 0) is 48.7 Å². The summed E-state index contributed by atoms with van der Waals surface area (Å²) in [5, 5.41) is 3.25. The summed E-state index contributed by atoms with van der Waals surface area (Å²) in [6, 6.07) is 10.6. The molecule has 0 aliphatic heterocycles. The molecule has 0 fully saturated rings. The van der Waals surface area contributed by atoms with E-state index in [4.69, 9.17) is 27.9 Å². The number of carbonyl (C=O) groups is 2. The molecule has 1 atom stereocenters. The van der Waals surface area contributed by atoms with E-state index < -0.39 is 28.5 Å². The van der Waals surface area contributed by atoms with Gasteiger partial charge in [-0.2, -0.15) is 0 Å². The summed E-state index contributed by atoms with van der Waals surface area (Å²) in [5.41, 5.74) is 0.962. The molecule has 0 unspecified atom stereocenters. The van der Waals surface area contributed by atoms with Crippen molar-refractivity contribution >= 4 is 50.7 Å². The number of carbonyl (C=O) groups excluding carboxylic acids is 2. The van der Waals surface area contributed by atoms with Crippen LogP contribution in [0.15, 0.2) is 42.5 Å². The monoisotopic (exact) mass is 543 g/mol. The first kappa shape index (κ1) is 28.7. The number of nitrogens with zero attached hydrogens (tertiary/aromatic N) is 2. The van der Waals surface area contributed by atoms with Gasteiger partial charge in [-0.1, -0.05) is 49.2 Å². The van der Waals surface area contributed by atoms with Crippen molar-refractivity contribution in [1.82, 2.24) is 10.2 Å². The lowest BCUT2D eigenvalue weighted by Gasteiger charge is -2.33. The molecule has 0 heterocycles. The van der Waals surface area contributed by atoms with Crippen molar-refractivity contribution in [2.24, 2.45) is 0 Å². The van der Waals surface area contributed by atoms with Gasteiger partial charge in [0.05, 0.1) is 29.1 Å². The second kappa shape index (κ2) is 13.0. The van der Waals surface area contributed by atoms with Crippen LogP contribution in [0.25, 0.3) is 0 Å². The molecule has 1 N–H and O–H groups in total. The van der Waals surface area contributed by atoms with Crippen LogP contribution in [0.5, 0.6) is 5.75 Å². The van der Waals surface area contributed by atoms with Gasteiger partial charge >= 0.3 is 0 Å². The zero-order valence-corrected chi connectivity index (χ0v) is 22.6. The first-order valence-corrected chi connectivity index (χ1v) is 13.7. The van der Waals surface area contributed by atoms with Crippen LogP contribution >= 0.6 is 23.2 Å². The lowest BCUT2D eigenvalue weighted by Crippen LogP contribution is -2.52. The zero-order chi connectivity index (χ0) is 26.2. The van der Waals surface area contributed by atoms with E-state index in [0.29, 0.717) is 18.7 Å². The first-order valence-electron chi connectivity index (χ1n) is 11.1. The van der Waals surface area contributed by atoms with Crippen molar-refractivity contribution in [3.05, 3.63) is 58.1 Å². The summed E-state index contributed by atoms with van der Waals surface area (Å²) in [4.78, 5) is 27.9. The molecule has 35 heavy (non-hydrogen) atoms. The SMILES string of the molecule is CCCNC(=O)[C@@H](CC)N(Cc1ccc(OC)cc1)C(=O)CN(c1ccc(Cl)c(Cl)c1)S(C)(=O)=O. The maximum atomic E-state index is 13.6. The van der Waals surface area contributed by atoms with Gasteiger partial charge in [0.15, 0.2) is 0 Å². The molecule has 0 aliphatic carbocycles. The Morgan fingerprint density at radius 2 is 1.71 bits per heavy atom. The number of hydrogen-bond acceptors (Lipinski definition) is 5.